The van der Waals surface area contributed by atoms with Gasteiger partial charge in [-0.1, -0.05) is 24.3 Å². The number of aromatic nitrogens is 4. The first kappa shape index (κ1) is 37.1. The van der Waals surface area contributed by atoms with E-state index in [1.54, 1.807) is 48.5 Å². The molecule has 2 aliphatic rings. The van der Waals surface area contributed by atoms with Crippen LogP contribution in [0.2, 0.25) is 0 Å². The molecule has 2 N–H and O–H groups in total. The van der Waals surface area contributed by atoms with Crippen LogP contribution in [-0.2, 0) is 36.2 Å². The summed E-state index contributed by atoms with van der Waals surface area (Å²) >= 11 is 0. The molecule has 8 bridgehead atoms. The van der Waals surface area contributed by atoms with Crippen LogP contribution in [0.4, 0.5) is 0 Å². The van der Waals surface area contributed by atoms with Crippen molar-refractivity contribution in [1.29, 1.82) is 0 Å². The Morgan fingerprint density at radius 2 is 0.625 bits per heavy atom. The minimum atomic E-state index is -4.17. The number of halogens is 4. The molecule has 0 radical (unpaired) electrons. The third-order valence-corrected chi connectivity index (χ3v) is 14.9. The lowest BCUT2D eigenvalue weighted by molar-refractivity contribution is 0.608. The molecule has 9 rings (SSSR count). The van der Waals surface area contributed by atoms with Gasteiger partial charge in [-0.05, 0) is 72.8 Å². The molecule has 0 atom stereocenters. The molecule has 0 spiro atoms. The highest BCUT2D eigenvalue weighted by Crippen LogP contribution is 2.42. The molecular formula is C36H18Cl4N4O8S4. The third-order valence-electron chi connectivity index (χ3n) is 9.50. The molecule has 0 saturated carbocycles. The van der Waals surface area contributed by atoms with Crippen LogP contribution in [0.3, 0.4) is 0 Å². The van der Waals surface area contributed by atoms with E-state index in [0.29, 0.717) is 88.6 Å². The van der Waals surface area contributed by atoms with E-state index in [1.165, 1.54) is 48.5 Å². The standard InChI is InChI=1S/C36H18Cl4N4O8S4/c37-53(45,46)17-1-5-21-25(9-17)33-14-30-23-7-3-19(55(39,49)50)11-27(23)35(43-30)16-32-24-8-4-20(56(40,51)52)12-28(24)36(44-32)15-31-22-6-2-18(54(38,47)48)10-26(22)34(42-31)13-29(21)41-33/h1-16,41,44H. The summed E-state index contributed by atoms with van der Waals surface area (Å²) in [5.74, 6) is 0. The van der Waals surface area contributed by atoms with Crippen LogP contribution in [0.1, 0.15) is 0 Å². The number of fused-ring (bicyclic) bond motifs is 20. The molecule has 5 heterocycles. The molecular weight excluding hydrogens is 886 g/mol. The van der Waals surface area contributed by atoms with Crippen molar-refractivity contribution < 1.29 is 33.7 Å². The Hall–Kier alpha value is -4.52. The van der Waals surface area contributed by atoms with Gasteiger partial charge in [0.2, 0.25) is 0 Å². The van der Waals surface area contributed by atoms with E-state index < -0.39 is 36.2 Å². The lowest BCUT2D eigenvalue weighted by atomic mass is 10.0. The van der Waals surface area contributed by atoms with Gasteiger partial charge in [-0.2, -0.15) is 0 Å². The van der Waals surface area contributed by atoms with E-state index >= 15 is 0 Å². The fourth-order valence-corrected chi connectivity index (χ4v) is 10.1. The summed E-state index contributed by atoms with van der Waals surface area (Å²) in [5.41, 5.74) is 4.87. The van der Waals surface area contributed by atoms with Gasteiger partial charge in [-0.25, -0.2) is 43.6 Å². The van der Waals surface area contributed by atoms with Crippen molar-refractivity contribution in [3.05, 3.63) is 97.1 Å². The van der Waals surface area contributed by atoms with Crippen molar-refractivity contribution in [2.24, 2.45) is 0 Å². The van der Waals surface area contributed by atoms with Crippen molar-refractivity contribution in [1.82, 2.24) is 19.9 Å². The van der Waals surface area contributed by atoms with Crippen molar-refractivity contribution in [2.75, 3.05) is 0 Å². The molecule has 7 aromatic rings. The van der Waals surface area contributed by atoms with E-state index in [2.05, 4.69) is 9.97 Å². The number of hydrogen-bond donors (Lipinski definition) is 2. The normalized spacial score (nSPS) is 13.2. The average Bonchev–Trinajstić information content (AvgIpc) is 3.84. The zero-order chi connectivity index (χ0) is 39.7. The number of aromatic amines is 2. The second kappa shape index (κ2) is 12.5. The first-order valence-electron chi connectivity index (χ1n) is 15.9. The molecule has 0 saturated heterocycles. The van der Waals surface area contributed by atoms with Gasteiger partial charge in [0.05, 0.1) is 42.4 Å². The third kappa shape index (κ3) is 6.34. The van der Waals surface area contributed by atoms with Crippen LogP contribution in [0.5, 0.6) is 0 Å². The van der Waals surface area contributed by atoms with Crippen LogP contribution >= 0.6 is 42.7 Å². The van der Waals surface area contributed by atoms with E-state index in [4.69, 9.17) is 52.7 Å². The zero-order valence-electron chi connectivity index (χ0n) is 27.5. The lowest BCUT2D eigenvalue weighted by Gasteiger charge is -2.02. The van der Waals surface area contributed by atoms with Crippen molar-refractivity contribution >= 4 is 123 Å². The summed E-state index contributed by atoms with van der Waals surface area (Å²) in [6, 6.07) is 23.8. The maximum Gasteiger partial charge on any atom is 0.261 e. The number of benzene rings is 4. The topological polar surface area (TPSA) is 194 Å². The Labute approximate surface area is 335 Å². The molecule has 3 aromatic heterocycles. The summed E-state index contributed by atoms with van der Waals surface area (Å²) in [7, 11) is 6.38. The Bertz CT molecular complexity index is 3370. The predicted molar refractivity (Wildman–Crippen MR) is 217 cm³/mol. The van der Waals surface area contributed by atoms with E-state index in [9.17, 15) is 33.7 Å². The molecule has 20 heteroatoms. The van der Waals surface area contributed by atoms with Gasteiger partial charge in [0.25, 0.3) is 36.2 Å². The summed E-state index contributed by atoms with van der Waals surface area (Å²) in [6.07, 6.45) is 0. The molecule has 56 heavy (non-hydrogen) atoms. The molecule has 0 unspecified atom stereocenters. The van der Waals surface area contributed by atoms with Crippen molar-refractivity contribution in [3.63, 3.8) is 0 Å². The maximum atomic E-state index is 12.5. The number of H-pyrrole nitrogens is 2. The van der Waals surface area contributed by atoms with Crippen molar-refractivity contribution in [3.8, 4) is 45.0 Å². The van der Waals surface area contributed by atoms with Gasteiger partial charge >= 0.3 is 0 Å². The highest BCUT2D eigenvalue weighted by atomic mass is 35.7. The summed E-state index contributed by atoms with van der Waals surface area (Å²) in [6.45, 7) is 0. The van der Waals surface area contributed by atoms with E-state index in [1.807, 2.05) is 0 Å². The number of rotatable bonds is 4. The molecule has 282 valence electrons. The molecule has 0 fully saturated rings. The fraction of sp³-hybridized carbons (Fsp3) is 0. The van der Waals surface area contributed by atoms with Crippen LogP contribution in [0, 0.1) is 0 Å². The lowest BCUT2D eigenvalue weighted by Crippen LogP contribution is -1.91. The number of hydrogen-bond acceptors (Lipinski definition) is 10. The van der Waals surface area contributed by atoms with Gasteiger partial charge in [-0.3, -0.25) is 0 Å². The number of nitrogens with zero attached hydrogens (tertiary/aromatic N) is 2. The fourth-order valence-electron chi connectivity index (χ4n) is 6.99. The molecule has 2 aliphatic heterocycles. The second-order valence-electron chi connectivity index (χ2n) is 12.8. The number of nitrogens with one attached hydrogen (secondary N) is 2. The molecule has 0 aliphatic carbocycles. The average molecular weight is 905 g/mol. The SMILES string of the molecule is O=S(=O)(Cl)c1ccc2c(c1)-c1cc3[nH]c(cc4nc(cc5[nH]c(cc-2n1)c1cc(S(=O)(=O)Cl)ccc51)-c1cc(S(=O)(=O)Cl)ccc1-4)c1cc(S(=O)(=O)Cl)ccc31. The quantitative estimate of drug-likeness (QED) is 0.161. The van der Waals surface area contributed by atoms with Crippen LogP contribution in [-0.4, -0.2) is 53.6 Å². The Kier molecular flexibility index (Phi) is 8.27. The van der Waals surface area contributed by atoms with Crippen LogP contribution in [0.25, 0.3) is 88.6 Å². The summed E-state index contributed by atoms with van der Waals surface area (Å²) < 4.78 is 99.7. The summed E-state index contributed by atoms with van der Waals surface area (Å²) in [4.78, 5) is 15.7. The van der Waals surface area contributed by atoms with E-state index in [-0.39, 0.29) is 19.6 Å². The smallest absolute Gasteiger partial charge is 0.261 e. The van der Waals surface area contributed by atoms with Gasteiger partial charge in [0.1, 0.15) is 0 Å². The second-order valence-corrected chi connectivity index (χ2v) is 23.1. The highest BCUT2D eigenvalue weighted by molar-refractivity contribution is 8.14. The Morgan fingerprint density at radius 1 is 0.339 bits per heavy atom. The van der Waals surface area contributed by atoms with Crippen molar-refractivity contribution in [2.45, 2.75) is 19.6 Å². The monoisotopic (exact) mass is 902 g/mol. The molecule has 4 aromatic carbocycles. The van der Waals surface area contributed by atoms with Gasteiger partial charge in [0, 0.05) is 109 Å². The Balaban J connectivity index is 1.50. The largest absolute Gasteiger partial charge is 0.354 e. The Morgan fingerprint density at radius 3 is 0.964 bits per heavy atom. The van der Waals surface area contributed by atoms with Crippen LogP contribution in [0.15, 0.2) is 117 Å². The minimum absolute atomic E-state index is 0.172. The highest BCUT2D eigenvalue weighted by Gasteiger charge is 2.24. The summed E-state index contributed by atoms with van der Waals surface area (Å²) in [5, 5.41) is 1.94. The van der Waals surface area contributed by atoms with Gasteiger partial charge in [-0.15, -0.1) is 0 Å². The zero-order valence-corrected chi connectivity index (χ0v) is 33.8. The minimum Gasteiger partial charge on any atom is -0.354 e. The predicted octanol–water partition coefficient (Wildman–Crippen LogP) is 9.00. The first-order chi connectivity index (χ1) is 26.2. The van der Waals surface area contributed by atoms with Crippen LogP contribution < -0.4 is 0 Å². The van der Waals surface area contributed by atoms with Gasteiger partial charge < -0.3 is 9.97 Å². The maximum absolute atomic E-state index is 12.5. The first-order valence-corrected chi connectivity index (χ1v) is 25.2. The molecule has 0 amide bonds. The van der Waals surface area contributed by atoms with Gasteiger partial charge in [0.15, 0.2) is 0 Å². The molecule has 12 nitrogen and oxygen atoms in total. The van der Waals surface area contributed by atoms with E-state index in [0.717, 1.165) is 0 Å².